The molecule has 10 nitrogen and oxygen atoms in total. The molecule has 0 unspecified atom stereocenters. The Balaban J connectivity index is 1.95. The third-order valence-electron chi connectivity index (χ3n) is 5.87. The first-order valence-electron chi connectivity index (χ1n) is 12.0. The Bertz CT molecular complexity index is 1190. The molecule has 10 heteroatoms. The van der Waals surface area contributed by atoms with E-state index in [4.69, 9.17) is 0 Å². The molecule has 3 aromatic rings. The predicted octanol–water partition coefficient (Wildman–Crippen LogP) is 2.60. The van der Waals surface area contributed by atoms with Crippen LogP contribution in [0.4, 0.5) is 0 Å². The van der Waals surface area contributed by atoms with Crippen molar-refractivity contribution in [3.63, 3.8) is 0 Å². The van der Waals surface area contributed by atoms with Gasteiger partial charge in [0.25, 0.3) is 5.91 Å². The van der Waals surface area contributed by atoms with Crippen LogP contribution in [0.25, 0.3) is 0 Å². The van der Waals surface area contributed by atoms with E-state index in [0.29, 0.717) is 25.0 Å². The van der Waals surface area contributed by atoms with Gasteiger partial charge in [-0.3, -0.25) is 24.3 Å². The minimum atomic E-state index is -1.22. The van der Waals surface area contributed by atoms with Gasteiger partial charge in [-0.2, -0.15) is 4.68 Å². The van der Waals surface area contributed by atoms with E-state index < -0.39 is 29.4 Å². The van der Waals surface area contributed by atoms with E-state index in [1.54, 1.807) is 29.9 Å². The molecule has 1 atom stereocenters. The number of hydrogen-bond donors (Lipinski definition) is 3. The van der Waals surface area contributed by atoms with E-state index in [1.165, 1.54) is 10.8 Å². The van der Waals surface area contributed by atoms with Gasteiger partial charge in [-0.05, 0) is 49.3 Å². The van der Waals surface area contributed by atoms with Crippen LogP contribution in [0.15, 0.2) is 65.7 Å². The highest BCUT2D eigenvalue weighted by atomic mass is 16.5. The van der Waals surface area contributed by atoms with Crippen LogP contribution in [0, 0.1) is 5.92 Å². The normalized spacial score (nSPS) is 11.9. The second-order valence-electron chi connectivity index (χ2n) is 9.07. The van der Waals surface area contributed by atoms with Gasteiger partial charge in [-0.15, -0.1) is 0 Å². The van der Waals surface area contributed by atoms with E-state index in [0.717, 1.165) is 15.2 Å². The maximum atomic E-state index is 13.4. The topological polar surface area (TPSA) is 130 Å². The summed E-state index contributed by atoms with van der Waals surface area (Å²) >= 11 is 0. The number of rotatable bonds is 12. The largest absolute Gasteiger partial charge is 0.492 e. The van der Waals surface area contributed by atoms with E-state index >= 15 is 0 Å². The molecule has 0 radical (unpaired) electrons. The summed E-state index contributed by atoms with van der Waals surface area (Å²) in [6, 6.07) is 13.7. The number of benzene rings is 1. The molecule has 0 aliphatic carbocycles. The van der Waals surface area contributed by atoms with Crippen LogP contribution in [0.2, 0.25) is 0 Å². The Morgan fingerprint density at radius 3 is 2.44 bits per heavy atom. The Morgan fingerprint density at radius 1 is 1.08 bits per heavy atom. The Kier molecular flexibility index (Phi) is 9.40. The van der Waals surface area contributed by atoms with E-state index in [2.05, 4.69) is 4.98 Å². The van der Waals surface area contributed by atoms with Gasteiger partial charge < -0.3 is 5.11 Å². The lowest BCUT2D eigenvalue weighted by atomic mass is 10.0. The summed E-state index contributed by atoms with van der Waals surface area (Å²) < 4.78 is 2.03. The fourth-order valence-corrected chi connectivity index (χ4v) is 3.99. The molecule has 0 aliphatic rings. The first kappa shape index (κ1) is 26.7. The minimum Gasteiger partial charge on any atom is -0.492 e. The quantitative estimate of drug-likeness (QED) is 0.262. The number of carbonyl (C=O) groups is 2. The Hall–Kier alpha value is -3.92. The zero-order valence-corrected chi connectivity index (χ0v) is 20.6. The smallest absolute Gasteiger partial charge is 0.350 e. The number of amides is 2. The molecule has 0 fully saturated rings. The number of aromatic hydroxyl groups is 1. The van der Waals surface area contributed by atoms with E-state index in [1.807, 2.05) is 44.2 Å². The molecule has 2 aromatic heterocycles. The number of carbonyl (C=O) groups excluding carboxylic acids is 2. The van der Waals surface area contributed by atoms with Gasteiger partial charge in [0.05, 0.1) is 18.4 Å². The summed E-state index contributed by atoms with van der Waals surface area (Å²) in [6.07, 6.45) is 4.67. The van der Waals surface area contributed by atoms with Gasteiger partial charge in [0.1, 0.15) is 6.04 Å². The standard InChI is InChI=1S/C26H33N5O5/c1-19(2)14-15-23(32)30(22(25(34)28-36)13-8-11-20-9-4-3-5-10-20)31-24(33)18-29(26(31)35)17-21-12-6-7-16-27-21/h3-7,9-10,12,16,18-19,22,33,36H,8,11,13-15,17H2,1-2H3,(H,28,34)/t22-/m0/s1. The van der Waals surface area contributed by atoms with Crippen LogP contribution >= 0.6 is 0 Å². The molecule has 0 bridgehead atoms. The first-order chi connectivity index (χ1) is 17.3. The average Bonchev–Trinajstić information content (AvgIpc) is 3.15. The molecule has 0 spiro atoms. The highest BCUT2D eigenvalue weighted by Gasteiger charge is 2.34. The fraction of sp³-hybridized carbons (Fsp3) is 0.385. The van der Waals surface area contributed by atoms with Crippen molar-refractivity contribution >= 4 is 11.8 Å². The van der Waals surface area contributed by atoms with Gasteiger partial charge in [0.15, 0.2) is 0 Å². The number of nitrogens with one attached hydrogen (secondary N) is 1. The predicted molar refractivity (Wildman–Crippen MR) is 134 cm³/mol. The maximum Gasteiger partial charge on any atom is 0.350 e. The van der Waals surface area contributed by atoms with Crippen molar-refractivity contribution in [2.24, 2.45) is 5.92 Å². The first-order valence-corrected chi connectivity index (χ1v) is 12.0. The molecule has 2 heterocycles. The molecule has 36 heavy (non-hydrogen) atoms. The van der Waals surface area contributed by atoms with Crippen molar-refractivity contribution in [1.82, 2.24) is 19.7 Å². The van der Waals surface area contributed by atoms with Crippen LogP contribution in [0.5, 0.6) is 5.88 Å². The molecule has 1 aromatic carbocycles. The summed E-state index contributed by atoms with van der Waals surface area (Å²) in [7, 11) is 0. The molecule has 0 saturated heterocycles. The van der Waals surface area contributed by atoms with Gasteiger partial charge in [-0.25, -0.2) is 15.3 Å². The molecule has 192 valence electrons. The van der Waals surface area contributed by atoms with Crippen LogP contribution in [-0.4, -0.2) is 42.4 Å². The van der Waals surface area contributed by atoms with Crippen LogP contribution in [0.1, 0.15) is 50.8 Å². The van der Waals surface area contributed by atoms with E-state index in [-0.39, 0.29) is 25.3 Å². The lowest BCUT2D eigenvalue weighted by Gasteiger charge is -2.30. The van der Waals surface area contributed by atoms with E-state index in [9.17, 15) is 24.7 Å². The minimum absolute atomic E-state index is 0.0584. The molecule has 3 rings (SSSR count). The van der Waals surface area contributed by atoms with Gasteiger partial charge in [0, 0.05) is 12.6 Å². The second kappa shape index (κ2) is 12.7. The average molecular weight is 496 g/mol. The zero-order chi connectivity index (χ0) is 26.1. The number of hydrogen-bond acceptors (Lipinski definition) is 6. The van der Waals surface area contributed by atoms with Crippen molar-refractivity contribution in [2.45, 2.75) is 58.5 Å². The van der Waals surface area contributed by atoms with Crippen LogP contribution < -0.4 is 16.2 Å². The maximum absolute atomic E-state index is 13.4. The number of nitrogens with zero attached hydrogens (tertiary/aromatic N) is 4. The lowest BCUT2D eigenvalue weighted by molar-refractivity contribution is -0.134. The summed E-state index contributed by atoms with van der Waals surface area (Å²) in [5.74, 6) is -1.64. The third kappa shape index (κ3) is 6.82. The number of pyridine rings is 1. The highest BCUT2D eigenvalue weighted by molar-refractivity contribution is 5.94. The molecular formula is C26H33N5O5. The SMILES string of the molecule is CC(C)CCC(=O)N([C@@H](CCCc1ccccc1)C(=O)NO)n1c(O)cn(Cc2ccccn2)c1=O. The van der Waals surface area contributed by atoms with Crippen molar-refractivity contribution in [3.05, 3.63) is 82.7 Å². The summed E-state index contributed by atoms with van der Waals surface area (Å²) in [4.78, 5) is 43.7. The Labute approximate surface area is 209 Å². The number of aromatic nitrogens is 3. The number of imidazole rings is 1. The van der Waals surface area contributed by atoms with Crippen molar-refractivity contribution in [1.29, 1.82) is 0 Å². The van der Waals surface area contributed by atoms with Crippen LogP contribution in [0.3, 0.4) is 0 Å². The van der Waals surface area contributed by atoms with Gasteiger partial charge in [-0.1, -0.05) is 50.2 Å². The summed E-state index contributed by atoms with van der Waals surface area (Å²) in [5, 5.41) is 21.2. The molecule has 2 amide bonds. The van der Waals surface area contributed by atoms with Crippen molar-refractivity contribution in [3.8, 4) is 5.88 Å². The molecule has 0 saturated carbocycles. The zero-order valence-electron chi connectivity index (χ0n) is 20.6. The number of aryl methyl sites for hydroxylation is 1. The second-order valence-corrected chi connectivity index (χ2v) is 9.07. The molecule has 0 aliphatic heterocycles. The summed E-state index contributed by atoms with van der Waals surface area (Å²) in [6.45, 7) is 3.99. The summed E-state index contributed by atoms with van der Waals surface area (Å²) in [5.41, 5.74) is 2.56. The monoisotopic (exact) mass is 495 g/mol. The van der Waals surface area contributed by atoms with Crippen LogP contribution in [-0.2, 0) is 22.6 Å². The number of hydroxylamine groups is 1. The third-order valence-corrected chi connectivity index (χ3v) is 5.87. The Morgan fingerprint density at radius 2 is 1.81 bits per heavy atom. The molecular weight excluding hydrogens is 462 g/mol. The van der Waals surface area contributed by atoms with Gasteiger partial charge in [0.2, 0.25) is 11.8 Å². The fourth-order valence-electron chi connectivity index (χ4n) is 3.99. The lowest BCUT2D eigenvalue weighted by Crippen LogP contribution is -2.57. The van der Waals surface area contributed by atoms with Gasteiger partial charge >= 0.3 is 5.69 Å². The van der Waals surface area contributed by atoms with Crippen molar-refractivity contribution in [2.75, 3.05) is 5.01 Å². The highest BCUT2D eigenvalue weighted by Crippen LogP contribution is 2.18. The van der Waals surface area contributed by atoms with Crippen molar-refractivity contribution < 1.29 is 19.9 Å². The molecule has 3 N–H and O–H groups in total.